The number of ether oxygens (including phenoxy) is 2. The van der Waals surface area contributed by atoms with Crippen LogP contribution in [0.1, 0.15) is 32.8 Å². The minimum Gasteiger partial charge on any atom is -0.444 e. The largest absolute Gasteiger partial charge is 0.444 e. The summed E-state index contributed by atoms with van der Waals surface area (Å²) in [5.74, 6) is -3.28. The third kappa shape index (κ3) is 5.51. The van der Waals surface area contributed by atoms with E-state index in [1.54, 1.807) is 20.8 Å². The van der Waals surface area contributed by atoms with Crippen molar-refractivity contribution >= 4 is 17.7 Å². The monoisotopic (exact) mass is 379 g/mol. The number of carbonyl (C=O) groups is 1. The number of hydrogen-bond donors (Lipinski definition) is 0. The summed E-state index contributed by atoms with van der Waals surface area (Å²) in [6.07, 6.45) is 0.00407. The molecule has 1 aromatic carbocycles. The predicted molar refractivity (Wildman–Crippen MR) is 87.0 cm³/mol. The van der Waals surface area contributed by atoms with Crippen LogP contribution < -0.4 is 0 Å². The molecule has 1 amide bonds. The van der Waals surface area contributed by atoms with Crippen LogP contribution >= 0.6 is 11.6 Å². The van der Waals surface area contributed by atoms with E-state index in [1.807, 2.05) is 0 Å². The highest BCUT2D eigenvalue weighted by atomic mass is 35.5. The van der Waals surface area contributed by atoms with Gasteiger partial charge in [0.1, 0.15) is 11.4 Å². The van der Waals surface area contributed by atoms with E-state index in [1.165, 1.54) is 4.90 Å². The molecule has 1 fully saturated rings. The second-order valence-corrected chi connectivity index (χ2v) is 7.61. The highest BCUT2D eigenvalue weighted by Gasteiger charge is 2.36. The molecule has 4 nitrogen and oxygen atoms in total. The molecule has 0 N–H and O–H groups in total. The van der Waals surface area contributed by atoms with Crippen molar-refractivity contribution < 1.29 is 27.4 Å². The molecule has 0 unspecified atom stereocenters. The fourth-order valence-corrected chi connectivity index (χ4v) is 2.90. The van der Waals surface area contributed by atoms with Crippen LogP contribution in [-0.2, 0) is 16.1 Å². The zero-order valence-corrected chi connectivity index (χ0v) is 15.1. The first-order valence-electron chi connectivity index (χ1n) is 7.91. The van der Waals surface area contributed by atoms with Crippen LogP contribution in [0, 0.1) is 17.5 Å². The highest BCUT2D eigenvalue weighted by Crippen LogP contribution is 2.25. The van der Waals surface area contributed by atoms with Gasteiger partial charge in [0, 0.05) is 18.2 Å². The molecule has 1 aliphatic heterocycles. The third-order valence-corrected chi connectivity index (χ3v) is 3.96. The lowest BCUT2D eigenvalue weighted by molar-refractivity contribution is 0.00857. The summed E-state index contributed by atoms with van der Waals surface area (Å²) in [5.41, 5.74) is -0.732. The number of hydrogen-bond acceptors (Lipinski definition) is 3. The lowest BCUT2D eigenvalue weighted by Crippen LogP contribution is -2.41. The molecule has 0 aliphatic carbocycles. The van der Waals surface area contributed by atoms with E-state index in [4.69, 9.17) is 21.1 Å². The Balaban J connectivity index is 1.94. The molecule has 0 aromatic heterocycles. The van der Waals surface area contributed by atoms with E-state index >= 15 is 0 Å². The minimum absolute atomic E-state index is 0.0842. The van der Waals surface area contributed by atoms with Crippen LogP contribution in [0.2, 0.25) is 0 Å². The van der Waals surface area contributed by atoms with Gasteiger partial charge in [-0.3, -0.25) is 0 Å². The fourth-order valence-electron chi connectivity index (χ4n) is 2.54. The highest BCUT2D eigenvalue weighted by molar-refractivity contribution is 6.21. The van der Waals surface area contributed by atoms with Crippen LogP contribution in [0.25, 0.3) is 0 Å². The van der Waals surface area contributed by atoms with Gasteiger partial charge in [-0.25, -0.2) is 18.0 Å². The van der Waals surface area contributed by atoms with Crippen molar-refractivity contribution in [1.82, 2.24) is 4.90 Å². The van der Waals surface area contributed by atoms with Gasteiger partial charge in [-0.1, -0.05) is 0 Å². The number of likely N-dealkylation sites (tertiary alicyclic amines) is 1. The third-order valence-electron chi connectivity index (χ3n) is 3.65. The van der Waals surface area contributed by atoms with Gasteiger partial charge in [-0.15, -0.1) is 11.6 Å². The van der Waals surface area contributed by atoms with Crippen LogP contribution in [-0.4, -0.2) is 41.2 Å². The standard InChI is InChI=1S/C17H21ClF3NO3/c1-17(2,3)25-16(23)22-7-11(18)5-12(22)9-24-8-10-4-14(20)15(21)6-13(10)19/h4,6,11-12H,5,7-9H2,1-3H3/t11-,12-/m0/s1. The normalized spacial score (nSPS) is 20.8. The molecule has 1 saturated heterocycles. The molecule has 2 atom stereocenters. The number of nitrogens with zero attached hydrogens (tertiary/aromatic N) is 1. The van der Waals surface area contributed by atoms with Gasteiger partial charge in [0.2, 0.25) is 0 Å². The Bertz CT molecular complexity index is 636. The summed E-state index contributed by atoms with van der Waals surface area (Å²) >= 11 is 6.12. The molecule has 140 valence electrons. The number of carbonyl (C=O) groups excluding carboxylic acids is 1. The Morgan fingerprint density at radius 1 is 1.24 bits per heavy atom. The molecule has 1 aromatic rings. The fraction of sp³-hybridized carbons (Fsp3) is 0.588. The van der Waals surface area contributed by atoms with Crippen LogP contribution in [0.5, 0.6) is 0 Å². The predicted octanol–water partition coefficient (Wildman–Crippen LogP) is 4.24. The Kier molecular flexibility index (Phi) is 6.21. The molecule has 1 heterocycles. The second kappa shape index (κ2) is 7.83. The summed E-state index contributed by atoms with van der Waals surface area (Å²) < 4.78 is 50.4. The number of halogens is 4. The van der Waals surface area contributed by atoms with Crippen molar-refractivity contribution in [3.8, 4) is 0 Å². The van der Waals surface area contributed by atoms with Gasteiger partial charge in [0.15, 0.2) is 11.6 Å². The Morgan fingerprint density at radius 3 is 2.52 bits per heavy atom. The smallest absolute Gasteiger partial charge is 0.410 e. The zero-order chi connectivity index (χ0) is 18.8. The number of alkyl halides is 1. The summed E-state index contributed by atoms with van der Waals surface area (Å²) in [6, 6.07) is 0.909. The summed E-state index contributed by atoms with van der Waals surface area (Å²) in [5, 5.41) is -0.235. The first-order chi connectivity index (χ1) is 11.6. The molecule has 0 spiro atoms. The van der Waals surface area contributed by atoms with E-state index in [-0.39, 0.29) is 30.2 Å². The van der Waals surface area contributed by atoms with Crippen LogP contribution in [0.3, 0.4) is 0 Å². The molecule has 25 heavy (non-hydrogen) atoms. The zero-order valence-electron chi connectivity index (χ0n) is 14.3. The van der Waals surface area contributed by atoms with Gasteiger partial charge >= 0.3 is 6.09 Å². The van der Waals surface area contributed by atoms with E-state index in [0.29, 0.717) is 19.0 Å². The SMILES string of the molecule is CC(C)(C)OC(=O)N1C[C@@H](Cl)C[C@H]1COCc1cc(F)c(F)cc1F. The number of benzene rings is 1. The first-order valence-corrected chi connectivity index (χ1v) is 8.35. The maximum Gasteiger partial charge on any atom is 0.410 e. The van der Waals surface area contributed by atoms with E-state index in [2.05, 4.69) is 0 Å². The first kappa shape index (κ1) is 19.8. The van der Waals surface area contributed by atoms with E-state index in [9.17, 15) is 18.0 Å². The second-order valence-electron chi connectivity index (χ2n) is 6.99. The van der Waals surface area contributed by atoms with Gasteiger partial charge in [-0.05, 0) is 33.3 Å². The summed E-state index contributed by atoms with van der Waals surface area (Å²) in [4.78, 5) is 13.7. The van der Waals surface area contributed by atoms with E-state index in [0.717, 1.165) is 6.07 Å². The topological polar surface area (TPSA) is 38.8 Å². The summed E-state index contributed by atoms with van der Waals surface area (Å²) in [7, 11) is 0. The maximum absolute atomic E-state index is 13.6. The van der Waals surface area contributed by atoms with Crippen molar-refractivity contribution in [2.24, 2.45) is 0 Å². The molecule has 0 saturated carbocycles. The average Bonchev–Trinajstić information content (AvgIpc) is 2.84. The van der Waals surface area contributed by atoms with Crippen molar-refractivity contribution in [2.45, 2.75) is 50.8 Å². The lowest BCUT2D eigenvalue weighted by atomic mass is 10.2. The minimum atomic E-state index is -1.25. The van der Waals surface area contributed by atoms with Crippen LogP contribution in [0.4, 0.5) is 18.0 Å². The van der Waals surface area contributed by atoms with Crippen molar-refractivity contribution in [1.29, 1.82) is 0 Å². The molecule has 2 rings (SSSR count). The number of amides is 1. The molecule has 0 bridgehead atoms. The summed E-state index contributed by atoms with van der Waals surface area (Å²) in [6.45, 7) is 5.45. The van der Waals surface area contributed by atoms with Gasteiger partial charge in [0.25, 0.3) is 0 Å². The lowest BCUT2D eigenvalue weighted by Gasteiger charge is -2.28. The number of rotatable bonds is 4. The van der Waals surface area contributed by atoms with Gasteiger partial charge < -0.3 is 14.4 Å². The van der Waals surface area contributed by atoms with Crippen molar-refractivity contribution in [3.63, 3.8) is 0 Å². The van der Waals surface area contributed by atoms with Crippen molar-refractivity contribution in [3.05, 3.63) is 35.1 Å². The Hall–Kier alpha value is -1.47. The molecule has 0 radical (unpaired) electrons. The Morgan fingerprint density at radius 2 is 1.88 bits per heavy atom. The molecule has 1 aliphatic rings. The Labute approximate surface area is 149 Å². The molecule has 8 heteroatoms. The van der Waals surface area contributed by atoms with Crippen molar-refractivity contribution in [2.75, 3.05) is 13.2 Å². The molecular formula is C17H21ClF3NO3. The van der Waals surface area contributed by atoms with Gasteiger partial charge in [-0.2, -0.15) is 0 Å². The maximum atomic E-state index is 13.6. The van der Waals surface area contributed by atoms with E-state index < -0.39 is 29.1 Å². The quantitative estimate of drug-likeness (QED) is 0.580. The average molecular weight is 380 g/mol. The van der Waals surface area contributed by atoms with Crippen LogP contribution in [0.15, 0.2) is 12.1 Å². The van der Waals surface area contributed by atoms with Gasteiger partial charge in [0.05, 0.1) is 24.6 Å². The molecular weight excluding hydrogens is 359 g/mol.